The monoisotopic (exact) mass is 389 g/mol. The number of ether oxygens (including phenoxy) is 1. The first-order valence-corrected chi connectivity index (χ1v) is 10.5. The molecule has 0 radical (unpaired) electrons. The van der Waals surface area contributed by atoms with Crippen LogP contribution >= 0.6 is 0 Å². The highest BCUT2D eigenvalue weighted by molar-refractivity contribution is 5.64. The molecule has 0 unspecified atom stereocenters. The molecule has 2 aliphatic rings. The Balaban J connectivity index is 1.18. The van der Waals surface area contributed by atoms with Gasteiger partial charge in [0.1, 0.15) is 18.2 Å². The van der Waals surface area contributed by atoms with Crippen LogP contribution in [0.25, 0.3) is 11.4 Å². The Morgan fingerprint density at radius 1 is 0.793 bits per heavy atom. The fraction of sp³-hybridized carbons (Fsp3) is 0.391. The number of benzene rings is 2. The van der Waals surface area contributed by atoms with Crippen molar-refractivity contribution in [2.45, 2.75) is 19.5 Å². The highest BCUT2D eigenvalue weighted by Gasteiger charge is 2.22. The van der Waals surface area contributed by atoms with Gasteiger partial charge >= 0.3 is 0 Å². The number of piperazine rings is 1. The number of hydrogen-bond acceptors (Lipinski definition) is 5. The van der Waals surface area contributed by atoms with Crippen molar-refractivity contribution >= 4 is 0 Å². The Morgan fingerprint density at radius 2 is 1.55 bits per heavy atom. The molecule has 6 nitrogen and oxygen atoms in total. The van der Waals surface area contributed by atoms with Crippen LogP contribution in [0.2, 0.25) is 0 Å². The van der Waals surface area contributed by atoms with E-state index >= 15 is 0 Å². The van der Waals surface area contributed by atoms with Gasteiger partial charge in [0.05, 0.1) is 12.1 Å². The predicted molar refractivity (Wildman–Crippen MR) is 113 cm³/mol. The number of nitrogens with zero attached hydrogens (tertiary/aromatic N) is 5. The molecule has 6 heteroatoms. The van der Waals surface area contributed by atoms with Crippen LogP contribution in [-0.4, -0.2) is 63.9 Å². The lowest BCUT2D eigenvalue weighted by Gasteiger charge is -2.34. The summed E-state index contributed by atoms with van der Waals surface area (Å²) < 4.78 is 8.13. The molecule has 150 valence electrons. The molecule has 2 aliphatic heterocycles. The third-order valence-electron chi connectivity index (χ3n) is 5.89. The number of hydrogen-bond donors (Lipinski definition) is 0. The van der Waals surface area contributed by atoms with E-state index in [1.54, 1.807) is 0 Å². The molecule has 1 fully saturated rings. The van der Waals surface area contributed by atoms with E-state index in [0.29, 0.717) is 6.61 Å². The summed E-state index contributed by atoms with van der Waals surface area (Å²) in [6, 6.07) is 18.9. The van der Waals surface area contributed by atoms with E-state index in [-0.39, 0.29) is 0 Å². The van der Waals surface area contributed by atoms with Crippen LogP contribution in [0.4, 0.5) is 0 Å². The Hall–Kier alpha value is -2.70. The molecule has 0 bridgehead atoms. The summed E-state index contributed by atoms with van der Waals surface area (Å²) in [6.45, 7) is 8.00. The van der Waals surface area contributed by atoms with Gasteiger partial charge in [0, 0.05) is 45.7 Å². The standard InChI is InChI=1S/C23H27N5O/c1-2-6-19(7-3-1)18-27-14-12-26(13-15-27)11-10-22-24-25-23-20-8-4-5-9-21(20)29-17-16-28(22)23/h1-9H,10-18H2. The summed E-state index contributed by atoms with van der Waals surface area (Å²) in [5.41, 5.74) is 2.44. The molecule has 2 aromatic carbocycles. The lowest BCUT2D eigenvalue weighted by atomic mass is 10.2. The highest BCUT2D eigenvalue weighted by atomic mass is 16.5. The van der Waals surface area contributed by atoms with E-state index < -0.39 is 0 Å². The summed E-state index contributed by atoms with van der Waals surface area (Å²) >= 11 is 0. The van der Waals surface area contributed by atoms with Crippen LogP contribution < -0.4 is 4.74 Å². The van der Waals surface area contributed by atoms with Crippen molar-refractivity contribution in [2.75, 3.05) is 39.3 Å². The molecule has 3 heterocycles. The van der Waals surface area contributed by atoms with Gasteiger partial charge in [-0.15, -0.1) is 10.2 Å². The quantitative estimate of drug-likeness (QED) is 0.671. The van der Waals surface area contributed by atoms with Gasteiger partial charge < -0.3 is 14.2 Å². The van der Waals surface area contributed by atoms with Crippen molar-refractivity contribution in [1.82, 2.24) is 24.6 Å². The zero-order chi connectivity index (χ0) is 19.5. The van der Waals surface area contributed by atoms with Crippen LogP contribution in [0.1, 0.15) is 11.4 Å². The Bertz CT molecular complexity index is 947. The third kappa shape index (κ3) is 4.04. The smallest absolute Gasteiger partial charge is 0.167 e. The van der Waals surface area contributed by atoms with Gasteiger partial charge in [0.2, 0.25) is 0 Å². The van der Waals surface area contributed by atoms with E-state index in [9.17, 15) is 0 Å². The van der Waals surface area contributed by atoms with E-state index in [1.807, 2.05) is 18.2 Å². The summed E-state index contributed by atoms with van der Waals surface area (Å²) in [7, 11) is 0. The topological polar surface area (TPSA) is 46.4 Å². The van der Waals surface area contributed by atoms with Gasteiger partial charge in [0.25, 0.3) is 0 Å². The molecular weight excluding hydrogens is 362 g/mol. The molecule has 29 heavy (non-hydrogen) atoms. The molecule has 0 atom stereocenters. The fourth-order valence-electron chi connectivity index (χ4n) is 4.25. The summed E-state index contributed by atoms with van der Waals surface area (Å²) in [5.74, 6) is 2.90. The van der Waals surface area contributed by atoms with Gasteiger partial charge in [-0.05, 0) is 17.7 Å². The van der Waals surface area contributed by atoms with E-state index in [4.69, 9.17) is 4.74 Å². The predicted octanol–water partition coefficient (Wildman–Crippen LogP) is 2.70. The van der Waals surface area contributed by atoms with E-state index in [2.05, 4.69) is 61.0 Å². The highest BCUT2D eigenvalue weighted by Crippen LogP contribution is 2.31. The van der Waals surface area contributed by atoms with Crippen LogP contribution in [0.15, 0.2) is 54.6 Å². The molecule has 0 saturated carbocycles. The molecule has 1 saturated heterocycles. The average molecular weight is 390 g/mol. The molecule has 0 amide bonds. The van der Waals surface area contributed by atoms with Gasteiger partial charge in [0.15, 0.2) is 5.82 Å². The zero-order valence-electron chi connectivity index (χ0n) is 16.7. The van der Waals surface area contributed by atoms with E-state index in [0.717, 1.165) is 75.2 Å². The Morgan fingerprint density at radius 3 is 2.41 bits per heavy atom. The fourth-order valence-corrected chi connectivity index (χ4v) is 4.25. The molecule has 5 rings (SSSR count). The minimum absolute atomic E-state index is 0.660. The second-order valence-corrected chi connectivity index (χ2v) is 7.79. The van der Waals surface area contributed by atoms with E-state index in [1.165, 1.54) is 5.56 Å². The maximum absolute atomic E-state index is 5.89. The van der Waals surface area contributed by atoms with Gasteiger partial charge in [-0.25, -0.2) is 0 Å². The molecule has 0 N–H and O–H groups in total. The van der Waals surface area contributed by atoms with Crippen molar-refractivity contribution in [3.63, 3.8) is 0 Å². The molecule has 0 spiro atoms. The first kappa shape index (κ1) is 18.3. The largest absolute Gasteiger partial charge is 0.491 e. The maximum Gasteiger partial charge on any atom is 0.167 e. The number of fused-ring (bicyclic) bond motifs is 3. The number of aromatic nitrogens is 3. The lowest BCUT2D eigenvalue weighted by molar-refractivity contribution is 0.127. The second kappa shape index (κ2) is 8.35. The van der Waals surface area contributed by atoms with Crippen molar-refractivity contribution in [3.8, 4) is 17.1 Å². The minimum Gasteiger partial charge on any atom is -0.491 e. The lowest BCUT2D eigenvalue weighted by Crippen LogP contribution is -2.46. The van der Waals surface area contributed by atoms with Crippen LogP contribution in [0, 0.1) is 0 Å². The first-order valence-electron chi connectivity index (χ1n) is 10.5. The van der Waals surface area contributed by atoms with Gasteiger partial charge in [-0.2, -0.15) is 0 Å². The zero-order valence-corrected chi connectivity index (χ0v) is 16.7. The van der Waals surface area contributed by atoms with Crippen molar-refractivity contribution in [3.05, 3.63) is 66.0 Å². The van der Waals surface area contributed by atoms with Gasteiger partial charge in [-0.1, -0.05) is 42.5 Å². The van der Waals surface area contributed by atoms with Crippen LogP contribution in [0.3, 0.4) is 0 Å². The SMILES string of the molecule is c1ccc(CN2CCN(CCc3nnc4n3CCOc3ccccc3-4)CC2)cc1. The van der Waals surface area contributed by atoms with Gasteiger partial charge in [-0.3, -0.25) is 4.90 Å². The molecular formula is C23H27N5O. The summed E-state index contributed by atoms with van der Waals surface area (Å²) in [6.07, 6.45) is 0.924. The van der Waals surface area contributed by atoms with Crippen LogP contribution in [-0.2, 0) is 19.5 Å². The molecule has 3 aromatic rings. The number of rotatable bonds is 5. The minimum atomic E-state index is 0.660. The van der Waals surface area contributed by atoms with Crippen LogP contribution in [0.5, 0.6) is 5.75 Å². The van der Waals surface area contributed by atoms with Crippen molar-refractivity contribution in [2.24, 2.45) is 0 Å². The summed E-state index contributed by atoms with van der Waals surface area (Å²) in [5, 5.41) is 9.00. The summed E-state index contributed by atoms with van der Waals surface area (Å²) in [4.78, 5) is 5.09. The average Bonchev–Trinajstić information content (AvgIpc) is 3.07. The maximum atomic E-state index is 5.89. The number of para-hydroxylation sites is 1. The van der Waals surface area contributed by atoms with Crippen molar-refractivity contribution < 1.29 is 4.74 Å². The molecule has 0 aliphatic carbocycles. The second-order valence-electron chi connectivity index (χ2n) is 7.79. The first-order chi connectivity index (χ1) is 14.4. The van der Waals surface area contributed by atoms with Crippen molar-refractivity contribution in [1.29, 1.82) is 0 Å². The third-order valence-corrected chi connectivity index (χ3v) is 5.89. The normalized spacial score (nSPS) is 17.2. The Kier molecular flexibility index (Phi) is 5.28. The molecule has 1 aromatic heterocycles. The Labute approximate surface area is 171 Å².